The van der Waals surface area contributed by atoms with E-state index in [-0.39, 0.29) is 0 Å². The third kappa shape index (κ3) is 3.63. The fourth-order valence-corrected chi connectivity index (χ4v) is 3.07. The molecular formula is C19H27NO. The van der Waals surface area contributed by atoms with Crippen LogP contribution in [-0.4, -0.2) is 35.2 Å². The molecule has 0 fully saturated rings. The first-order chi connectivity index (χ1) is 10.1. The smallest absolute Gasteiger partial charge is 0.109 e. The van der Waals surface area contributed by atoms with E-state index in [1.54, 1.807) is 0 Å². The summed E-state index contributed by atoms with van der Waals surface area (Å²) in [5.74, 6) is 0. The van der Waals surface area contributed by atoms with Gasteiger partial charge in [-0.05, 0) is 62.2 Å². The molecule has 1 atom stereocenters. The van der Waals surface area contributed by atoms with Gasteiger partial charge in [-0.1, -0.05) is 50.3 Å². The molecule has 0 amide bonds. The van der Waals surface area contributed by atoms with Gasteiger partial charge < -0.3 is 10.0 Å². The summed E-state index contributed by atoms with van der Waals surface area (Å²) in [7, 11) is 0. The van der Waals surface area contributed by atoms with E-state index in [1.807, 2.05) is 24.3 Å². The molecule has 0 heterocycles. The summed E-state index contributed by atoms with van der Waals surface area (Å²) in [6.07, 6.45) is 16.0. The lowest BCUT2D eigenvalue weighted by atomic mass is 9.78. The van der Waals surface area contributed by atoms with Crippen LogP contribution in [0.4, 0.5) is 0 Å². The monoisotopic (exact) mass is 285 g/mol. The SMILES string of the molecule is CCN(CC)CCCC1(O)C=CC=C2C(C)=CC=CC=C21. The van der Waals surface area contributed by atoms with Gasteiger partial charge >= 0.3 is 0 Å². The predicted octanol–water partition coefficient (Wildman–Crippen LogP) is 3.78. The molecular weight excluding hydrogens is 258 g/mol. The van der Waals surface area contributed by atoms with E-state index in [0.29, 0.717) is 0 Å². The van der Waals surface area contributed by atoms with Crippen molar-refractivity contribution in [2.75, 3.05) is 19.6 Å². The van der Waals surface area contributed by atoms with Crippen molar-refractivity contribution in [3.8, 4) is 0 Å². The molecule has 1 N–H and O–H groups in total. The zero-order valence-corrected chi connectivity index (χ0v) is 13.5. The Balaban J connectivity index is 2.10. The van der Waals surface area contributed by atoms with Crippen LogP contribution in [0.3, 0.4) is 0 Å². The molecule has 2 aliphatic carbocycles. The Morgan fingerprint density at radius 2 is 1.76 bits per heavy atom. The molecule has 2 rings (SSSR count). The lowest BCUT2D eigenvalue weighted by molar-refractivity contribution is 0.113. The molecule has 0 radical (unpaired) electrons. The highest BCUT2D eigenvalue weighted by atomic mass is 16.3. The van der Waals surface area contributed by atoms with Crippen LogP contribution in [0.1, 0.15) is 33.6 Å². The summed E-state index contributed by atoms with van der Waals surface area (Å²) < 4.78 is 0. The quantitative estimate of drug-likeness (QED) is 0.803. The van der Waals surface area contributed by atoms with Gasteiger partial charge in [-0.25, -0.2) is 0 Å². The Bertz CT molecular complexity index is 518. The summed E-state index contributed by atoms with van der Waals surface area (Å²) in [6.45, 7) is 9.66. The molecule has 0 aromatic rings. The number of hydrogen-bond donors (Lipinski definition) is 1. The Morgan fingerprint density at radius 3 is 2.48 bits per heavy atom. The van der Waals surface area contributed by atoms with Crippen LogP contribution in [0.15, 0.2) is 59.3 Å². The number of fused-ring (bicyclic) bond motifs is 1. The van der Waals surface area contributed by atoms with Crippen LogP contribution in [0.2, 0.25) is 0 Å². The van der Waals surface area contributed by atoms with Crippen molar-refractivity contribution in [1.29, 1.82) is 0 Å². The topological polar surface area (TPSA) is 23.5 Å². The maximum Gasteiger partial charge on any atom is 0.109 e. The highest BCUT2D eigenvalue weighted by Crippen LogP contribution is 2.37. The average molecular weight is 285 g/mol. The van der Waals surface area contributed by atoms with Crippen LogP contribution in [0.25, 0.3) is 0 Å². The predicted molar refractivity (Wildman–Crippen MR) is 90.2 cm³/mol. The second-order valence-corrected chi connectivity index (χ2v) is 5.81. The first-order valence-electron chi connectivity index (χ1n) is 8.01. The number of hydrogen-bond acceptors (Lipinski definition) is 2. The van der Waals surface area contributed by atoms with Crippen LogP contribution in [-0.2, 0) is 0 Å². The van der Waals surface area contributed by atoms with Gasteiger partial charge in [0.25, 0.3) is 0 Å². The van der Waals surface area contributed by atoms with Gasteiger partial charge in [-0.15, -0.1) is 0 Å². The van der Waals surface area contributed by atoms with Gasteiger partial charge in [0.15, 0.2) is 0 Å². The van der Waals surface area contributed by atoms with E-state index >= 15 is 0 Å². The number of rotatable bonds is 6. The Hall–Kier alpha value is -1.38. The van der Waals surface area contributed by atoms with E-state index in [9.17, 15) is 5.11 Å². The van der Waals surface area contributed by atoms with Crippen LogP contribution in [0.5, 0.6) is 0 Å². The van der Waals surface area contributed by atoms with Crippen molar-refractivity contribution in [3.05, 3.63) is 59.3 Å². The van der Waals surface area contributed by atoms with E-state index in [0.717, 1.165) is 43.6 Å². The molecule has 2 heteroatoms. The minimum Gasteiger partial charge on any atom is -0.381 e. The van der Waals surface area contributed by atoms with Crippen LogP contribution < -0.4 is 0 Å². The minimum atomic E-state index is -0.832. The maximum absolute atomic E-state index is 11.1. The lowest BCUT2D eigenvalue weighted by Gasteiger charge is -2.32. The molecule has 21 heavy (non-hydrogen) atoms. The van der Waals surface area contributed by atoms with E-state index in [1.165, 1.54) is 5.57 Å². The van der Waals surface area contributed by atoms with Crippen molar-refractivity contribution in [3.63, 3.8) is 0 Å². The Morgan fingerprint density at radius 1 is 1.05 bits per heavy atom. The number of allylic oxidation sites excluding steroid dienone is 7. The second kappa shape index (κ2) is 7.06. The fraction of sp³-hybridized carbons (Fsp3) is 0.474. The molecule has 0 aromatic heterocycles. The summed E-state index contributed by atoms with van der Waals surface area (Å²) in [5.41, 5.74) is 2.57. The Kier molecular flexibility index (Phi) is 5.38. The third-order valence-corrected chi connectivity index (χ3v) is 4.46. The van der Waals surface area contributed by atoms with Crippen molar-refractivity contribution in [2.45, 2.75) is 39.2 Å². The Labute approximate surface area is 128 Å². The lowest BCUT2D eigenvalue weighted by Crippen LogP contribution is -2.33. The summed E-state index contributed by atoms with van der Waals surface area (Å²) in [5, 5.41) is 11.1. The zero-order valence-electron chi connectivity index (χ0n) is 13.5. The van der Waals surface area contributed by atoms with Gasteiger partial charge in [0, 0.05) is 0 Å². The normalized spacial score (nSPS) is 24.3. The van der Waals surface area contributed by atoms with Crippen molar-refractivity contribution >= 4 is 0 Å². The van der Waals surface area contributed by atoms with E-state index in [2.05, 4.69) is 43.9 Å². The summed E-state index contributed by atoms with van der Waals surface area (Å²) >= 11 is 0. The minimum absolute atomic E-state index is 0.768. The first kappa shape index (κ1) is 16.0. The highest BCUT2D eigenvalue weighted by molar-refractivity contribution is 5.59. The first-order valence-corrected chi connectivity index (χ1v) is 8.01. The molecule has 1 unspecified atom stereocenters. The molecule has 0 saturated carbocycles. The van der Waals surface area contributed by atoms with Gasteiger partial charge in [-0.2, -0.15) is 0 Å². The molecule has 114 valence electrons. The molecule has 2 nitrogen and oxygen atoms in total. The highest BCUT2D eigenvalue weighted by Gasteiger charge is 2.32. The second-order valence-electron chi connectivity index (χ2n) is 5.81. The third-order valence-electron chi connectivity index (χ3n) is 4.46. The van der Waals surface area contributed by atoms with Crippen LogP contribution >= 0.6 is 0 Å². The van der Waals surface area contributed by atoms with Gasteiger partial charge in [-0.3, -0.25) is 0 Å². The van der Waals surface area contributed by atoms with Crippen molar-refractivity contribution in [2.24, 2.45) is 0 Å². The van der Waals surface area contributed by atoms with Crippen LogP contribution in [0, 0.1) is 0 Å². The van der Waals surface area contributed by atoms with Gasteiger partial charge in [0.05, 0.1) is 0 Å². The summed E-state index contributed by atoms with van der Waals surface area (Å²) in [6, 6.07) is 0. The fourth-order valence-electron chi connectivity index (χ4n) is 3.07. The zero-order chi connectivity index (χ0) is 15.3. The average Bonchev–Trinajstić information content (AvgIpc) is 2.67. The molecule has 0 aliphatic heterocycles. The standard InChI is InChI=1S/C19H27NO/c1-4-20(5-2)15-9-14-19(21)13-8-11-17-16(3)10-6-7-12-18(17)19/h6-8,10-13,21H,4-5,9,14-15H2,1-3H3. The summed E-state index contributed by atoms with van der Waals surface area (Å²) in [4.78, 5) is 2.40. The number of aliphatic hydroxyl groups is 1. The van der Waals surface area contributed by atoms with Crippen molar-refractivity contribution < 1.29 is 5.11 Å². The van der Waals surface area contributed by atoms with Crippen molar-refractivity contribution in [1.82, 2.24) is 4.90 Å². The molecule has 0 saturated heterocycles. The molecule has 0 spiro atoms. The molecule has 0 aromatic carbocycles. The van der Waals surface area contributed by atoms with Gasteiger partial charge in [0.1, 0.15) is 5.60 Å². The largest absolute Gasteiger partial charge is 0.381 e. The maximum atomic E-state index is 11.1. The molecule has 0 bridgehead atoms. The van der Waals surface area contributed by atoms with Gasteiger partial charge in [0.2, 0.25) is 0 Å². The molecule has 2 aliphatic rings. The van der Waals surface area contributed by atoms with E-state index < -0.39 is 5.60 Å². The van der Waals surface area contributed by atoms with E-state index in [4.69, 9.17) is 0 Å². The number of nitrogens with zero attached hydrogens (tertiary/aromatic N) is 1.